The van der Waals surface area contributed by atoms with Crippen molar-refractivity contribution in [1.82, 2.24) is 19.7 Å². The summed E-state index contributed by atoms with van der Waals surface area (Å²) in [6, 6.07) is 9.23. The molecule has 1 N–H and O–H groups in total. The van der Waals surface area contributed by atoms with Gasteiger partial charge in [-0.25, -0.2) is 4.98 Å². The van der Waals surface area contributed by atoms with E-state index in [-0.39, 0.29) is 5.91 Å². The Labute approximate surface area is 116 Å². The molecule has 3 heterocycles. The molecule has 0 fully saturated rings. The van der Waals surface area contributed by atoms with Crippen LogP contribution in [0.2, 0.25) is 0 Å². The van der Waals surface area contributed by atoms with Crippen molar-refractivity contribution in [3.8, 4) is 0 Å². The first-order chi connectivity index (χ1) is 9.72. The summed E-state index contributed by atoms with van der Waals surface area (Å²) >= 11 is 0. The van der Waals surface area contributed by atoms with Gasteiger partial charge in [0.2, 0.25) is 0 Å². The molecule has 0 aliphatic heterocycles. The molecule has 0 unspecified atom stereocenters. The van der Waals surface area contributed by atoms with E-state index in [2.05, 4.69) is 15.3 Å². The molecule has 0 radical (unpaired) electrons. The Balaban J connectivity index is 1.75. The van der Waals surface area contributed by atoms with Gasteiger partial charge < -0.3 is 9.72 Å². The fourth-order valence-electron chi connectivity index (χ4n) is 2.03. The number of aryl methyl sites for hydroxylation is 1. The Hall–Kier alpha value is -2.69. The number of hydrogen-bond donors (Lipinski definition) is 1. The van der Waals surface area contributed by atoms with Crippen LogP contribution in [-0.2, 0) is 6.54 Å². The Morgan fingerprint density at radius 1 is 1.25 bits per heavy atom. The Morgan fingerprint density at radius 2 is 2.15 bits per heavy atom. The third kappa shape index (κ3) is 2.51. The van der Waals surface area contributed by atoms with Crippen LogP contribution in [0.4, 0.5) is 0 Å². The van der Waals surface area contributed by atoms with E-state index in [0.29, 0.717) is 12.1 Å². The monoisotopic (exact) mass is 266 g/mol. The first-order valence-electron chi connectivity index (χ1n) is 6.36. The molecule has 3 aromatic rings. The molecule has 1 amide bonds. The largest absolute Gasteiger partial charge is 0.346 e. The molecule has 3 rings (SSSR count). The van der Waals surface area contributed by atoms with Gasteiger partial charge in [-0.2, -0.15) is 0 Å². The van der Waals surface area contributed by atoms with Crippen LogP contribution in [0.5, 0.6) is 0 Å². The molecular weight excluding hydrogens is 252 g/mol. The zero-order valence-electron chi connectivity index (χ0n) is 11.1. The van der Waals surface area contributed by atoms with E-state index in [1.54, 1.807) is 18.5 Å². The maximum absolute atomic E-state index is 12.1. The lowest BCUT2D eigenvalue weighted by Crippen LogP contribution is -2.23. The second-order valence-electron chi connectivity index (χ2n) is 4.57. The van der Waals surface area contributed by atoms with Crippen LogP contribution < -0.4 is 5.32 Å². The van der Waals surface area contributed by atoms with E-state index in [0.717, 1.165) is 17.0 Å². The van der Waals surface area contributed by atoms with Gasteiger partial charge in [0.15, 0.2) is 0 Å². The number of carbonyl (C=O) groups is 1. The summed E-state index contributed by atoms with van der Waals surface area (Å²) in [4.78, 5) is 20.6. The first-order valence-corrected chi connectivity index (χ1v) is 6.36. The number of rotatable bonds is 3. The van der Waals surface area contributed by atoms with Crippen molar-refractivity contribution in [1.29, 1.82) is 0 Å². The van der Waals surface area contributed by atoms with Crippen molar-refractivity contribution in [2.75, 3.05) is 0 Å². The van der Waals surface area contributed by atoms with Crippen LogP contribution in [-0.4, -0.2) is 20.3 Å². The van der Waals surface area contributed by atoms with Gasteiger partial charge in [-0.1, -0.05) is 6.07 Å². The number of hydrogen-bond acceptors (Lipinski definition) is 3. The molecule has 0 aliphatic carbocycles. The number of nitrogens with zero attached hydrogens (tertiary/aromatic N) is 3. The van der Waals surface area contributed by atoms with Gasteiger partial charge in [0.1, 0.15) is 5.65 Å². The standard InChI is InChI=1S/C15H14N4O/c1-11-9-19-10-12(5-6-14(19)18-11)15(20)17-8-13-4-2-3-7-16-13/h2-7,9-10H,8H2,1H3,(H,17,20). The number of imidazole rings is 1. The Kier molecular flexibility index (Phi) is 3.16. The Morgan fingerprint density at radius 3 is 2.95 bits per heavy atom. The molecule has 0 aliphatic rings. The van der Waals surface area contributed by atoms with Gasteiger partial charge in [-0.3, -0.25) is 9.78 Å². The van der Waals surface area contributed by atoms with Gasteiger partial charge in [-0.05, 0) is 31.2 Å². The van der Waals surface area contributed by atoms with Gasteiger partial charge in [0.25, 0.3) is 5.91 Å². The summed E-state index contributed by atoms with van der Waals surface area (Å²) in [7, 11) is 0. The highest BCUT2D eigenvalue weighted by Gasteiger charge is 2.07. The van der Waals surface area contributed by atoms with E-state index in [1.165, 1.54) is 0 Å². The average molecular weight is 266 g/mol. The predicted molar refractivity (Wildman–Crippen MR) is 75.3 cm³/mol. The minimum absolute atomic E-state index is 0.121. The van der Waals surface area contributed by atoms with Crippen LogP contribution in [0, 0.1) is 6.92 Å². The molecule has 5 nitrogen and oxygen atoms in total. The molecule has 0 atom stereocenters. The van der Waals surface area contributed by atoms with E-state index < -0.39 is 0 Å². The second kappa shape index (κ2) is 5.13. The topological polar surface area (TPSA) is 59.3 Å². The van der Waals surface area contributed by atoms with Crippen LogP contribution >= 0.6 is 0 Å². The van der Waals surface area contributed by atoms with Crippen LogP contribution in [0.15, 0.2) is 48.9 Å². The summed E-state index contributed by atoms with van der Waals surface area (Å²) in [5.74, 6) is -0.121. The molecule has 0 spiro atoms. The quantitative estimate of drug-likeness (QED) is 0.788. The lowest BCUT2D eigenvalue weighted by atomic mass is 10.2. The Bertz CT molecular complexity index is 749. The number of nitrogens with one attached hydrogen (secondary N) is 1. The molecule has 0 saturated carbocycles. The van der Waals surface area contributed by atoms with Crippen molar-refractivity contribution in [2.45, 2.75) is 13.5 Å². The highest BCUT2D eigenvalue weighted by Crippen LogP contribution is 2.07. The van der Waals surface area contributed by atoms with Crippen molar-refractivity contribution in [3.63, 3.8) is 0 Å². The molecular formula is C15H14N4O. The van der Waals surface area contributed by atoms with E-state index >= 15 is 0 Å². The molecule has 0 bridgehead atoms. The van der Waals surface area contributed by atoms with Crippen LogP contribution in [0.1, 0.15) is 21.7 Å². The number of fused-ring (bicyclic) bond motifs is 1. The number of aromatic nitrogens is 3. The van der Waals surface area contributed by atoms with E-state index in [9.17, 15) is 4.79 Å². The van der Waals surface area contributed by atoms with Crippen molar-refractivity contribution >= 4 is 11.6 Å². The zero-order chi connectivity index (χ0) is 13.9. The highest BCUT2D eigenvalue weighted by atomic mass is 16.1. The summed E-state index contributed by atoms with van der Waals surface area (Å²) in [5.41, 5.74) is 3.20. The van der Waals surface area contributed by atoms with E-state index in [4.69, 9.17) is 0 Å². The predicted octanol–water partition coefficient (Wildman–Crippen LogP) is 1.97. The summed E-state index contributed by atoms with van der Waals surface area (Å²) in [5, 5.41) is 2.85. The maximum Gasteiger partial charge on any atom is 0.253 e. The fraction of sp³-hybridized carbons (Fsp3) is 0.133. The molecule has 0 saturated heterocycles. The molecule has 3 aromatic heterocycles. The van der Waals surface area contributed by atoms with Gasteiger partial charge in [-0.15, -0.1) is 0 Å². The van der Waals surface area contributed by atoms with Crippen molar-refractivity contribution in [2.24, 2.45) is 0 Å². The minimum Gasteiger partial charge on any atom is -0.346 e. The lowest BCUT2D eigenvalue weighted by Gasteiger charge is -2.05. The fourth-order valence-corrected chi connectivity index (χ4v) is 2.03. The van der Waals surface area contributed by atoms with Crippen LogP contribution in [0.25, 0.3) is 5.65 Å². The number of amides is 1. The number of carbonyl (C=O) groups excluding carboxylic acids is 1. The maximum atomic E-state index is 12.1. The average Bonchev–Trinajstić information content (AvgIpc) is 2.85. The third-order valence-corrected chi connectivity index (χ3v) is 2.99. The van der Waals surface area contributed by atoms with Crippen molar-refractivity contribution < 1.29 is 4.79 Å². The van der Waals surface area contributed by atoms with E-state index in [1.807, 2.05) is 41.8 Å². The summed E-state index contributed by atoms with van der Waals surface area (Å²) in [6.45, 7) is 2.34. The van der Waals surface area contributed by atoms with Gasteiger partial charge >= 0.3 is 0 Å². The second-order valence-corrected chi connectivity index (χ2v) is 4.57. The molecule has 20 heavy (non-hydrogen) atoms. The van der Waals surface area contributed by atoms with Crippen LogP contribution in [0.3, 0.4) is 0 Å². The summed E-state index contributed by atoms with van der Waals surface area (Å²) in [6.07, 6.45) is 5.38. The third-order valence-electron chi connectivity index (χ3n) is 2.99. The SMILES string of the molecule is Cc1cn2cc(C(=O)NCc3ccccn3)ccc2n1. The molecule has 5 heteroatoms. The lowest BCUT2D eigenvalue weighted by molar-refractivity contribution is 0.0950. The number of pyridine rings is 2. The minimum atomic E-state index is -0.121. The van der Waals surface area contributed by atoms with Crippen molar-refractivity contribution in [3.05, 3.63) is 65.9 Å². The zero-order valence-corrected chi connectivity index (χ0v) is 11.1. The molecule has 0 aromatic carbocycles. The van der Waals surface area contributed by atoms with Gasteiger partial charge in [0, 0.05) is 18.6 Å². The highest BCUT2D eigenvalue weighted by molar-refractivity contribution is 5.94. The molecule has 100 valence electrons. The van der Waals surface area contributed by atoms with Gasteiger partial charge in [0.05, 0.1) is 23.5 Å². The normalized spacial score (nSPS) is 10.7. The first kappa shape index (κ1) is 12.3. The summed E-state index contributed by atoms with van der Waals surface area (Å²) < 4.78 is 1.85. The smallest absolute Gasteiger partial charge is 0.253 e.